The number of benzene rings is 2. The Morgan fingerprint density at radius 1 is 0.857 bits per heavy atom. The molecule has 28 heavy (non-hydrogen) atoms. The maximum Gasteiger partial charge on any atom is 0.324 e. The number of para-hydroxylation sites is 1. The van der Waals surface area contributed by atoms with E-state index in [1.165, 1.54) is 0 Å². The van der Waals surface area contributed by atoms with Gasteiger partial charge in [-0.15, -0.1) is 0 Å². The number of nitrogens with one attached hydrogen (secondary N) is 2. The van der Waals surface area contributed by atoms with Crippen molar-refractivity contribution in [1.29, 1.82) is 0 Å². The van der Waals surface area contributed by atoms with E-state index >= 15 is 0 Å². The van der Waals surface area contributed by atoms with Crippen LogP contribution in [0.2, 0.25) is 0 Å². The molecular formula is C23H23N3O2. The van der Waals surface area contributed by atoms with Gasteiger partial charge in [-0.1, -0.05) is 55.3 Å². The summed E-state index contributed by atoms with van der Waals surface area (Å²) in [5.74, 6) is 0.481. The van der Waals surface area contributed by atoms with Crippen molar-refractivity contribution in [2.24, 2.45) is 0 Å². The molecule has 3 N–H and O–H groups in total. The zero-order chi connectivity index (χ0) is 19.4. The number of rotatable bonds is 4. The third-order valence-corrected chi connectivity index (χ3v) is 5.22. The lowest BCUT2D eigenvalue weighted by Gasteiger charge is -2.22. The Morgan fingerprint density at radius 2 is 1.54 bits per heavy atom. The molecule has 1 aliphatic carbocycles. The summed E-state index contributed by atoms with van der Waals surface area (Å²) >= 11 is 0. The molecule has 1 fully saturated rings. The van der Waals surface area contributed by atoms with Gasteiger partial charge >= 0.3 is 6.03 Å². The van der Waals surface area contributed by atoms with Gasteiger partial charge in [-0.05, 0) is 48.2 Å². The SMILES string of the molecule is O=C(Nc1ccccc1)Nc1ccc(-c2ccc(C3(O)CCCC3)cc2)cn1. The molecule has 2 amide bonds. The predicted molar refractivity (Wildman–Crippen MR) is 111 cm³/mol. The number of anilines is 2. The highest BCUT2D eigenvalue weighted by Crippen LogP contribution is 2.39. The summed E-state index contributed by atoms with van der Waals surface area (Å²) in [4.78, 5) is 16.4. The maximum atomic E-state index is 12.0. The quantitative estimate of drug-likeness (QED) is 0.592. The Balaban J connectivity index is 1.41. The number of urea groups is 1. The summed E-state index contributed by atoms with van der Waals surface area (Å²) in [5.41, 5.74) is 3.02. The summed E-state index contributed by atoms with van der Waals surface area (Å²) in [5, 5.41) is 16.2. The highest BCUT2D eigenvalue weighted by atomic mass is 16.3. The molecule has 4 rings (SSSR count). The van der Waals surface area contributed by atoms with Crippen LogP contribution in [-0.4, -0.2) is 16.1 Å². The number of hydrogen-bond acceptors (Lipinski definition) is 3. The Hall–Kier alpha value is -3.18. The molecule has 3 aromatic rings. The molecule has 1 aromatic heterocycles. The van der Waals surface area contributed by atoms with E-state index in [0.717, 1.165) is 48.1 Å². The fraction of sp³-hybridized carbons (Fsp3) is 0.217. The Kier molecular flexibility index (Phi) is 5.08. The first-order valence-corrected chi connectivity index (χ1v) is 9.55. The van der Waals surface area contributed by atoms with Crippen LogP contribution in [0.5, 0.6) is 0 Å². The summed E-state index contributed by atoms with van der Waals surface area (Å²) in [6.07, 6.45) is 5.55. The van der Waals surface area contributed by atoms with Crippen LogP contribution in [0.1, 0.15) is 31.2 Å². The highest BCUT2D eigenvalue weighted by Gasteiger charge is 2.32. The Morgan fingerprint density at radius 3 is 2.18 bits per heavy atom. The van der Waals surface area contributed by atoms with Gasteiger partial charge in [0, 0.05) is 17.4 Å². The van der Waals surface area contributed by atoms with Crippen molar-refractivity contribution < 1.29 is 9.90 Å². The highest BCUT2D eigenvalue weighted by molar-refractivity contribution is 5.99. The second kappa shape index (κ2) is 7.82. The van der Waals surface area contributed by atoms with E-state index in [2.05, 4.69) is 15.6 Å². The lowest BCUT2D eigenvalue weighted by atomic mass is 9.91. The van der Waals surface area contributed by atoms with Crippen LogP contribution in [-0.2, 0) is 5.60 Å². The van der Waals surface area contributed by atoms with Gasteiger partial charge in [-0.3, -0.25) is 5.32 Å². The molecule has 0 bridgehead atoms. The van der Waals surface area contributed by atoms with Crippen LogP contribution in [0.4, 0.5) is 16.3 Å². The average Bonchev–Trinajstić information content (AvgIpc) is 3.17. The monoisotopic (exact) mass is 373 g/mol. The first-order valence-electron chi connectivity index (χ1n) is 9.55. The fourth-order valence-electron chi connectivity index (χ4n) is 3.66. The number of carbonyl (C=O) groups is 1. The van der Waals surface area contributed by atoms with Gasteiger partial charge in [-0.25, -0.2) is 9.78 Å². The largest absolute Gasteiger partial charge is 0.385 e. The fourth-order valence-corrected chi connectivity index (χ4v) is 3.66. The van der Waals surface area contributed by atoms with E-state index in [1.807, 2.05) is 60.7 Å². The van der Waals surface area contributed by atoms with E-state index in [0.29, 0.717) is 5.82 Å². The zero-order valence-electron chi connectivity index (χ0n) is 15.6. The van der Waals surface area contributed by atoms with Crippen LogP contribution in [0.15, 0.2) is 72.9 Å². The summed E-state index contributed by atoms with van der Waals surface area (Å²) in [6.45, 7) is 0. The predicted octanol–water partition coefficient (Wildman–Crippen LogP) is 5.15. The van der Waals surface area contributed by atoms with E-state index in [9.17, 15) is 9.90 Å². The van der Waals surface area contributed by atoms with Crippen LogP contribution in [0.25, 0.3) is 11.1 Å². The first-order chi connectivity index (χ1) is 13.6. The van der Waals surface area contributed by atoms with Crippen molar-refractivity contribution in [3.63, 3.8) is 0 Å². The van der Waals surface area contributed by atoms with E-state index in [-0.39, 0.29) is 6.03 Å². The minimum Gasteiger partial charge on any atom is -0.385 e. The number of aliphatic hydroxyl groups is 1. The van der Waals surface area contributed by atoms with Gasteiger partial charge in [0.05, 0.1) is 5.60 Å². The molecule has 1 saturated carbocycles. The second-order valence-corrected chi connectivity index (χ2v) is 7.19. The van der Waals surface area contributed by atoms with Gasteiger partial charge in [0.2, 0.25) is 0 Å². The van der Waals surface area contributed by atoms with Gasteiger partial charge in [-0.2, -0.15) is 0 Å². The first kappa shape index (κ1) is 18.2. The van der Waals surface area contributed by atoms with Crippen LogP contribution < -0.4 is 10.6 Å². The van der Waals surface area contributed by atoms with Crippen molar-refractivity contribution in [1.82, 2.24) is 4.98 Å². The third-order valence-electron chi connectivity index (χ3n) is 5.22. The van der Waals surface area contributed by atoms with Crippen molar-refractivity contribution in [2.75, 3.05) is 10.6 Å². The van der Waals surface area contributed by atoms with Crippen molar-refractivity contribution in [3.8, 4) is 11.1 Å². The maximum absolute atomic E-state index is 12.0. The van der Waals surface area contributed by atoms with Gasteiger partial charge in [0.25, 0.3) is 0 Å². The van der Waals surface area contributed by atoms with Crippen molar-refractivity contribution in [2.45, 2.75) is 31.3 Å². The normalized spacial score (nSPS) is 15.2. The van der Waals surface area contributed by atoms with Gasteiger partial charge in [0.1, 0.15) is 5.82 Å². The summed E-state index contributed by atoms with van der Waals surface area (Å²) in [7, 11) is 0. The number of carbonyl (C=O) groups excluding carboxylic acids is 1. The van der Waals surface area contributed by atoms with Gasteiger partial charge in [0.15, 0.2) is 0 Å². The van der Waals surface area contributed by atoms with Gasteiger partial charge < -0.3 is 10.4 Å². The topological polar surface area (TPSA) is 74.2 Å². The molecule has 0 atom stereocenters. The minimum absolute atomic E-state index is 0.333. The molecule has 1 aliphatic rings. The number of pyridine rings is 1. The number of nitrogens with zero attached hydrogens (tertiary/aromatic N) is 1. The Labute approximate surface area is 164 Å². The molecule has 0 saturated heterocycles. The van der Waals surface area contributed by atoms with Crippen molar-refractivity contribution in [3.05, 3.63) is 78.5 Å². The summed E-state index contributed by atoms with van der Waals surface area (Å²) < 4.78 is 0. The molecular weight excluding hydrogens is 350 g/mol. The molecule has 5 heteroatoms. The van der Waals surface area contributed by atoms with E-state index < -0.39 is 5.60 Å². The molecule has 142 valence electrons. The number of aromatic nitrogens is 1. The van der Waals surface area contributed by atoms with Crippen LogP contribution in [0.3, 0.4) is 0 Å². The zero-order valence-corrected chi connectivity index (χ0v) is 15.6. The smallest absolute Gasteiger partial charge is 0.324 e. The molecule has 0 radical (unpaired) electrons. The van der Waals surface area contributed by atoms with Crippen LogP contribution >= 0.6 is 0 Å². The van der Waals surface area contributed by atoms with E-state index in [1.54, 1.807) is 12.3 Å². The van der Waals surface area contributed by atoms with Crippen LogP contribution in [0, 0.1) is 0 Å². The minimum atomic E-state index is -0.670. The molecule has 0 aliphatic heterocycles. The number of amides is 2. The standard InChI is InChI=1S/C23H23N3O2/c27-22(25-20-6-2-1-3-7-20)26-21-13-10-18(16-24-21)17-8-11-19(12-9-17)23(28)14-4-5-15-23/h1-3,6-13,16,28H,4-5,14-15H2,(H2,24,25,26,27). The molecule has 2 aromatic carbocycles. The van der Waals surface area contributed by atoms with E-state index in [4.69, 9.17) is 0 Å². The third kappa shape index (κ3) is 4.05. The van der Waals surface area contributed by atoms with Crippen molar-refractivity contribution >= 4 is 17.5 Å². The Bertz CT molecular complexity index is 932. The lowest BCUT2D eigenvalue weighted by Crippen LogP contribution is -2.20. The lowest BCUT2D eigenvalue weighted by molar-refractivity contribution is 0.0445. The molecule has 5 nitrogen and oxygen atoms in total. The number of hydrogen-bond donors (Lipinski definition) is 3. The average molecular weight is 373 g/mol. The molecule has 1 heterocycles. The second-order valence-electron chi connectivity index (χ2n) is 7.19. The molecule has 0 spiro atoms. The summed E-state index contributed by atoms with van der Waals surface area (Å²) in [6, 6.07) is 20.6. The molecule has 0 unspecified atom stereocenters.